The summed E-state index contributed by atoms with van der Waals surface area (Å²) in [6.45, 7) is 3.80. The average Bonchev–Trinajstić information content (AvgIpc) is 2.74. The molecule has 0 fully saturated rings. The molecule has 0 aliphatic carbocycles. The van der Waals surface area contributed by atoms with Crippen LogP contribution in [0.15, 0.2) is 0 Å². The second-order valence-corrected chi connectivity index (χ2v) is 5.62. The van der Waals surface area contributed by atoms with Gasteiger partial charge in [-0.05, 0) is 24.9 Å². The first-order chi connectivity index (χ1) is 9.56. The fraction of sp³-hybridized carbons (Fsp3) is 0.643. The normalized spacial score (nSPS) is 10.5. The van der Waals surface area contributed by atoms with Crippen LogP contribution in [0.25, 0.3) is 0 Å². The predicted octanol–water partition coefficient (Wildman–Crippen LogP) is 3.84. The van der Waals surface area contributed by atoms with Crippen molar-refractivity contribution in [2.45, 2.75) is 58.8 Å². The second-order valence-electron chi connectivity index (χ2n) is 4.84. The molecule has 1 aromatic heterocycles. The fourth-order valence-corrected chi connectivity index (χ4v) is 2.77. The molecule has 0 unspecified atom stereocenters. The predicted molar refractivity (Wildman–Crippen MR) is 80.4 cm³/mol. The Morgan fingerprint density at radius 1 is 1.20 bits per heavy atom. The molecule has 0 bridgehead atoms. The molecule has 1 rings (SSSR count). The molecule has 0 atom stereocenters. The highest BCUT2D eigenvalue weighted by molar-refractivity contribution is 7.11. The number of carbonyl (C=O) groups excluding carboxylic acids is 1. The van der Waals surface area contributed by atoms with Gasteiger partial charge in [0.25, 0.3) is 0 Å². The number of nitrogens with one attached hydrogen (secondary N) is 1. The van der Waals surface area contributed by atoms with Crippen LogP contribution in [0, 0.1) is 6.92 Å². The molecule has 6 heteroatoms. The number of aromatic carboxylic acids is 1. The highest BCUT2D eigenvalue weighted by Crippen LogP contribution is 2.24. The quantitative estimate of drug-likeness (QED) is 0.679. The monoisotopic (exact) mass is 298 g/mol. The maximum atomic E-state index is 11.8. The SMILES string of the molecule is CCCCCCCCC(=O)Nc1snc(C)c1C(=O)O. The van der Waals surface area contributed by atoms with Crippen molar-refractivity contribution in [2.24, 2.45) is 0 Å². The van der Waals surface area contributed by atoms with Crippen molar-refractivity contribution in [3.63, 3.8) is 0 Å². The van der Waals surface area contributed by atoms with Crippen molar-refractivity contribution in [1.29, 1.82) is 0 Å². The van der Waals surface area contributed by atoms with Gasteiger partial charge < -0.3 is 10.4 Å². The molecule has 0 aromatic carbocycles. The minimum absolute atomic E-state index is 0.103. The molecule has 1 aromatic rings. The number of hydrogen-bond donors (Lipinski definition) is 2. The van der Waals surface area contributed by atoms with Crippen molar-refractivity contribution < 1.29 is 14.7 Å². The van der Waals surface area contributed by atoms with E-state index in [0.717, 1.165) is 30.8 Å². The van der Waals surface area contributed by atoms with Gasteiger partial charge in [-0.3, -0.25) is 4.79 Å². The molecule has 20 heavy (non-hydrogen) atoms. The molecule has 2 N–H and O–H groups in total. The van der Waals surface area contributed by atoms with Crippen LogP contribution in [0.4, 0.5) is 5.00 Å². The fourth-order valence-electron chi connectivity index (χ4n) is 1.96. The number of aryl methyl sites for hydroxylation is 1. The molecule has 0 spiro atoms. The number of anilines is 1. The maximum Gasteiger partial charge on any atom is 0.340 e. The summed E-state index contributed by atoms with van der Waals surface area (Å²) in [5.74, 6) is -1.18. The molecule has 1 amide bonds. The summed E-state index contributed by atoms with van der Waals surface area (Å²) in [6, 6.07) is 0. The molecular formula is C14H22N2O3S. The Labute approximate surface area is 123 Å². The van der Waals surface area contributed by atoms with Crippen LogP contribution in [0.1, 0.15) is 67.9 Å². The second kappa shape index (κ2) is 8.68. The number of carboxylic acids is 1. The Balaban J connectivity index is 2.34. The van der Waals surface area contributed by atoms with Crippen molar-refractivity contribution in [2.75, 3.05) is 5.32 Å². The number of carboxylic acid groups (broad SMARTS) is 1. The largest absolute Gasteiger partial charge is 0.478 e. The molecule has 0 radical (unpaired) electrons. The lowest BCUT2D eigenvalue weighted by atomic mass is 10.1. The summed E-state index contributed by atoms with van der Waals surface area (Å²) in [7, 11) is 0. The number of aromatic nitrogens is 1. The Hall–Kier alpha value is -1.43. The highest BCUT2D eigenvalue weighted by Gasteiger charge is 2.18. The van der Waals surface area contributed by atoms with Crippen molar-refractivity contribution in [1.82, 2.24) is 4.37 Å². The van der Waals surface area contributed by atoms with E-state index in [1.807, 2.05) is 0 Å². The van der Waals surface area contributed by atoms with Gasteiger partial charge in [0, 0.05) is 6.42 Å². The van der Waals surface area contributed by atoms with Crippen LogP contribution < -0.4 is 5.32 Å². The average molecular weight is 298 g/mol. The van der Waals surface area contributed by atoms with E-state index < -0.39 is 5.97 Å². The van der Waals surface area contributed by atoms with Crippen molar-refractivity contribution >= 4 is 28.4 Å². The van der Waals surface area contributed by atoms with Gasteiger partial charge >= 0.3 is 5.97 Å². The van der Waals surface area contributed by atoms with Gasteiger partial charge in [-0.15, -0.1) is 0 Å². The smallest absolute Gasteiger partial charge is 0.340 e. The zero-order chi connectivity index (χ0) is 15.0. The number of rotatable bonds is 9. The summed E-state index contributed by atoms with van der Waals surface area (Å²) in [5.41, 5.74) is 0.545. The molecule has 0 saturated carbocycles. The van der Waals surface area contributed by atoms with Crippen LogP contribution in [0.2, 0.25) is 0 Å². The van der Waals surface area contributed by atoms with Gasteiger partial charge in [0.2, 0.25) is 5.91 Å². The van der Waals surface area contributed by atoms with Gasteiger partial charge in [0.15, 0.2) is 0 Å². The highest BCUT2D eigenvalue weighted by atomic mass is 32.1. The Morgan fingerprint density at radius 2 is 1.85 bits per heavy atom. The van der Waals surface area contributed by atoms with E-state index in [9.17, 15) is 9.59 Å². The third kappa shape index (κ3) is 5.28. The first-order valence-electron chi connectivity index (χ1n) is 7.05. The molecule has 5 nitrogen and oxygen atoms in total. The summed E-state index contributed by atoms with van der Waals surface area (Å²) in [5, 5.41) is 12.1. The minimum Gasteiger partial charge on any atom is -0.478 e. The van der Waals surface area contributed by atoms with E-state index in [-0.39, 0.29) is 11.5 Å². The van der Waals surface area contributed by atoms with Gasteiger partial charge in [0.1, 0.15) is 10.6 Å². The van der Waals surface area contributed by atoms with Crippen LogP contribution in [0.5, 0.6) is 0 Å². The first-order valence-corrected chi connectivity index (χ1v) is 7.83. The topological polar surface area (TPSA) is 79.3 Å². The van der Waals surface area contributed by atoms with Crippen molar-refractivity contribution in [3.05, 3.63) is 11.3 Å². The van der Waals surface area contributed by atoms with E-state index >= 15 is 0 Å². The number of hydrogen-bond acceptors (Lipinski definition) is 4. The molecule has 112 valence electrons. The third-order valence-corrected chi connectivity index (χ3v) is 3.94. The van der Waals surface area contributed by atoms with E-state index in [0.29, 0.717) is 17.1 Å². The third-order valence-electron chi connectivity index (χ3n) is 3.09. The summed E-state index contributed by atoms with van der Waals surface area (Å²) in [6.07, 6.45) is 7.15. The van der Waals surface area contributed by atoms with Crippen LogP contribution in [0.3, 0.4) is 0 Å². The zero-order valence-electron chi connectivity index (χ0n) is 12.1. The molecular weight excluding hydrogens is 276 g/mol. The molecule has 0 saturated heterocycles. The molecule has 0 aliphatic heterocycles. The zero-order valence-corrected chi connectivity index (χ0v) is 12.9. The molecule has 0 aliphatic rings. The summed E-state index contributed by atoms with van der Waals surface area (Å²) < 4.78 is 3.97. The van der Waals surface area contributed by atoms with E-state index in [1.54, 1.807) is 6.92 Å². The number of nitrogens with zero attached hydrogens (tertiary/aromatic N) is 1. The van der Waals surface area contributed by atoms with Gasteiger partial charge in [-0.25, -0.2) is 4.79 Å². The van der Waals surface area contributed by atoms with Crippen LogP contribution in [-0.2, 0) is 4.79 Å². The van der Waals surface area contributed by atoms with Crippen molar-refractivity contribution in [3.8, 4) is 0 Å². The summed E-state index contributed by atoms with van der Waals surface area (Å²) in [4.78, 5) is 22.8. The minimum atomic E-state index is -1.05. The number of carbonyl (C=O) groups is 2. The Morgan fingerprint density at radius 3 is 2.50 bits per heavy atom. The van der Waals surface area contributed by atoms with E-state index in [2.05, 4.69) is 16.6 Å². The number of unbranched alkanes of at least 4 members (excludes halogenated alkanes) is 5. The summed E-state index contributed by atoms with van der Waals surface area (Å²) >= 11 is 1.02. The van der Waals surface area contributed by atoms with Crippen LogP contribution in [-0.4, -0.2) is 21.4 Å². The van der Waals surface area contributed by atoms with E-state index in [1.165, 1.54) is 19.3 Å². The first kappa shape index (κ1) is 16.6. The number of amides is 1. The van der Waals surface area contributed by atoms with Gasteiger partial charge in [-0.2, -0.15) is 4.37 Å². The lowest BCUT2D eigenvalue weighted by Gasteiger charge is -2.04. The van der Waals surface area contributed by atoms with E-state index in [4.69, 9.17) is 5.11 Å². The maximum absolute atomic E-state index is 11.8. The van der Waals surface area contributed by atoms with Gasteiger partial charge in [-0.1, -0.05) is 39.0 Å². The lowest BCUT2D eigenvalue weighted by Crippen LogP contribution is -2.13. The van der Waals surface area contributed by atoms with Gasteiger partial charge in [0.05, 0.1) is 5.69 Å². The standard InChI is InChI=1S/C14H22N2O3S/c1-3-4-5-6-7-8-9-11(17)15-13-12(14(18)19)10(2)16-20-13/h3-9H2,1-2H3,(H,15,17)(H,18,19). The van der Waals surface area contributed by atoms with Crippen LogP contribution >= 0.6 is 11.5 Å². The Bertz CT molecular complexity index is 457. The molecule has 1 heterocycles. The Kier molecular flexibility index (Phi) is 7.22. The lowest BCUT2D eigenvalue weighted by molar-refractivity contribution is -0.116.